The predicted molar refractivity (Wildman–Crippen MR) is 163 cm³/mol. The van der Waals surface area contributed by atoms with E-state index in [9.17, 15) is 4.79 Å². The Morgan fingerprint density at radius 2 is 1.71 bits per heavy atom. The molecule has 0 bridgehead atoms. The minimum Gasteiger partial charge on any atom is -0.383 e. The lowest BCUT2D eigenvalue weighted by atomic mass is 9.85. The standard InChI is InChI=1S/C33H35N7O/c1-35-33(41)24-12-16-25(17-13-24)39(2)21-22-10-14-26(15-11-22)40-31(27-9-6-20-36-30(27)34)38-29-19-18-28(37-32(29)40)23-7-4-3-5-8-23/h3-11,14-15,18-20,24-25H,12-13,16-17,21H2,1-2H3,(H2,34,36)(H,35,41)/t24-,25-. The monoisotopic (exact) mass is 545 g/mol. The number of benzene rings is 2. The molecule has 5 aromatic rings. The zero-order valence-electron chi connectivity index (χ0n) is 23.5. The van der Waals surface area contributed by atoms with E-state index >= 15 is 0 Å². The number of pyridine rings is 2. The van der Waals surface area contributed by atoms with Gasteiger partial charge < -0.3 is 11.1 Å². The number of hydrogen-bond donors (Lipinski definition) is 2. The van der Waals surface area contributed by atoms with E-state index in [1.807, 2.05) is 42.5 Å². The lowest BCUT2D eigenvalue weighted by Crippen LogP contribution is -2.38. The first-order valence-corrected chi connectivity index (χ1v) is 14.2. The van der Waals surface area contributed by atoms with Crippen LogP contribution in [0.2, 0.25) is 0 Å². The van der Waals surface area contributed by atoms with Crippen LogP contribution in [0.4, 0.5) is 5.82 Å². The van der Waals surface area contributed by atoms with Crippen molar-refractivity contribution in [1.82, 2.24) is 29.7 Å². The van der Waals surface area contributed by atoms with Crippen LogP contribution in [0.25, 0.3) is 39.5 Å². The average Bonchev–Trinajstić information content (AvgIpc) is 3.40. The van der Waals surface area contributed by atoms with Gasteiger partial charge in [0, 0.05) is 43.0 Å². The molecule has 8 heteroatoms. The molecule has 0 saturated heterocycles. The van der Waals surface area contributed by atoms with E-state index < -0.39 is 0 Å². The Bertz CT molecular complexity index is 1650. The Kier molecular flexibility index (Phi) is 7.48. The highest BCUT2D eigenvalue weighted by Gasteiger charge is 2.27. The summed E-state index contributed by atoms with van der Waals surface area (Å²) in [7, 11) is 3.91. The Balaban J connectivity index is 1.31. The largest absolute Gasteiger partial charge is 0.383 e. The molecule has 1 aliphatic carbocycles. The Morgan fingerprint density at radius 3 is 2.41 bits per heavy atom. The first-order chi connectivity index (χ1) is 20.0. The van der Waals surface area contributed by atoms with Gasteiger partial charge in [-0.25, -0.2) is 15.0 Å². The molecule has 208 valence electrons. The van der Waals surface area contributed by atoms with Crippen LogP contribution in [0.1, 0.15) is 31.2 Å². The number of aromatic nitrogens is 4. The fourth-order valence-electron chi connectivity index (χ4n) is 5.91. The van der Waals surface area contributed by atoms with Crippen LogP contribution >= 0.6 is 0 Å². The van der Waals surface area contributed by atoms with E-state index in [1.165, 1.54) is 5.56 Å². The molecule has 8 nitrogen and oxygen atoms in total. The van der Waals surface area contributed by atoms with E-state index in [0.717, 1.165) is 65.9 Å². The maximum Gasteiger partial charge on any atom is 0.222 e. The van der Waals surface area contributed by atoms with Crippen LogP contribution in [0.3, 0.4) is 0 Å². The molecule has 3 N–H and O–H groups in total. The Labute approximate surface area is 240 Å². The predicted octanol–water partition coefficient (Wildman–Crippen LogP) is 5.47. The van der Waals surface area contributed by atoms with Gasteiger partial charge >= 0.3 is 0 Å². The van der Waals surface area contributed by atoms with Gasteiger partial charge in [0.25, 0.3) is 0 Å². The molecule has 0 unspecified atom stereocenters. The maximum atomic E-state index is 12.0. The van der Waals surface area contributed by atoms with Crippen LogP contribution in [0.5, 0.6) is 0 Å². The summed E-state index contributed by atoms with van der Waals surface area (Å²) < 4.78 is 2.07. The minimum absolute atomic E-state index is 0.146. The van der Waals surface area contributed by atoms with Crippen molar-refractivity contribution in [3.63, 3.8) is 0 Å². The van der Waals surface area contributed by atoms with Crippen LogP contribution < -0.4 is 11.1 Å². The SMILES string of the molecule is CNC(=O)[C@H]1CC[C@H](N(C)Cc2ccc(-n3c(-c4cccnc4N)nc4ccc(-c5ccccc5)nc43)cc2)CC1. The highest BCUT2D eigenvalue weighted by atomic mass is 16.1. The van der Waals surface area contributed by atoms with Crippen molar-refractivity contribution in [1.29, 1.82) is 0 Å². The third kappa shape index (κ3) is 5.43. The molecule has 0 aliphatic heterocycles. The van der Waals surface area contributed by atoms with Gasteiger partial charge in [0.2, 0.25) is 5.91 Å². The van der Waals surface area contributed by atoms with Gasteiger partial charge in [-0.15, -0.1) is 0 Å². The molecule has 1 aliphatic rings. The number of nitrogens with zero attached hydrogens (tertiary/aromatic N) is 5. The first kappa shape index (κ1) is 26.7. The number of amides is 1. The van der Waals surface area contributed by atoms with Gasteiger partial charge in [0.05, 0.1) is 11.3 Å². The molecule has 0 atom stereocenters. The molecule has 2 aromatic carbocycles. The summed E-state index contributed by atoms with van der Waals surface area (Å²) in [5, 5.41) is 2.80. The van der Waals surface area contributed by atoms with Crippen molar-refractivity contribution >= 4 is 22.9 Å². The number of hydrogen-bond acceptors (Lipinski definition) is 6. The van der Waals surface area contributed by atoms with Crippen molar-refractivity contribution in [3.05, 3.63) is 90.6 Å². The molecule has 0 spiro atoms. The number of carbonyl (C=O) groups excluding carboxylic acids is 1. The van der Waals surface area contributed by atoms with E-state index in [1.54, 1.807) is 13.2 Å². The minimum atomic E-state index is 0.146. The maximum absolute atomic E-state index is 12.0. The van der Waals surface area contributed by atoms with Crippen molar-refractivity contribution in [2.45, 2.75) is 38.3 Å². The van der Waals surface area contributed by atoms with Crippen LogP contribution in [-0.2, 0) is 11.3 Å². The molecular weight excluding hydrogens is 510 g/mol. The van der Waals surface area contributed by atoms with Crippen molar-refractivity contribution < 1.29 is 4.79 Å². The van der Waals surface area contributed by atoms with E-state index in [4.69, 9.17) is 15.7 Å². The van der Waals surface area contributed by atoms with Gasteiger partial charge in [0.15, 0.2) is 11.5 Å². The van der Waals surface area contributed by atoms with Gasteiger partial charge in [-0.3, -0.25) is 14.3 Å². The normalized spacial score (nSPS) is 17.1. The number of nitrogens with one attached hydrogen (secondary N) is 1. The highest BCUT2D eigenvalue weighted by molar-refractivity contribution is 5.84. The second-order valence-electron chi connectivity index (χ2n) is 10.8. The van der Waals surface area contributed by atoms with Crippen molar-refractivity contribution in [3.8, 4) is 28.3 Å². The van der Waals surface area contributed by atoms with Crippen LogP contribution in [0, 0.1) is 5.92 Å². The Hall–Kier alpha value is -4.56. The number of carbonyl (C=O) groups is 1. The fourth-order valence-corrected chi connectivity index (χ4v) is 5.91. The third-order valence-electron chi connectivity index (χ3n) is 8.22. The molecule has 1 amide bonds. The summed E-state index contributed by atoms with van der Waals surface area (Å²) in [6.07, 6.45) is 5.66. The second kappa shape index (κ2) is 11.5. The molecule has 0 radical (unpaired) electrons. The molecule has 1 saturated carbocycles. The molecule has 3 heterocycles. The summed E-state index contributed by atoms with van der Waals surface area (Å²) >= 11 is 0. The molecule has 6 rings (SSSR count). The number of nitrogens with two attached hydrogens (primary N) is 1. The molecule has 41 heavy (non-hydrogen) atoms. The molecule has 3 aromatic heterocycles. The van der Waals surface area contributed by atoms with Gasteiger partial charge in [-0.05, 0) is 74.7 Å². The molecular formula is C33H35N7O. The Morgan fingerprint density at radius 1 is 0.951 bits per heavy atom. The van der Waals surface area contributed by atoms with Crippen molar-refractivity contribution in [2.24, 2.45) is 5.92 Å². The van der Waals surface area contributed by atoms with E-state index in [-0.39, 0.29) is 11.8 Å². The second-order valence-corrected chi connectivity index (χ2v) is 10.8. The zero-order valence-corrected chi connectivity index (χ0v) is 23.5. The average molecular weight is 546 g/mol. The van der Waals surface area contributed by atoms with Crippen molar-refractivity contribution in [2.75, 3.05) is 19.8 Å². The van der Waals surface area contributed by atoms with Crippen LogP contribution in [0.15, 0.2) is 85.1 Å². The summed E-state index contributed by atoms with van der Waals surface area (Å²) in [6.45, 7) is 0.846. The quantitative estimate of drug-likeness (QED) is 0.281. The topological polar surface area (TPSA) is 102 Å². The summed E-state index contributed by atoms with van der Waals surface area (Å²) in [4.78, 5) is 28.8. The third-order valence-corrected chi connectivity index (χ3v) is 8.22. The van der Waals surface area contributed by atoms with E-state index in [2.05, 4.69) is 63.2 Å². The number of imidazole rings is 1. The lowest BCUT2D eigenvalue weighted by molar-refractivity contribution is -0.125. The summed E-state index contributed by atoms with van der Waals surface area (Å²) in [5.41, 5.74) is 12.8. The van der Waals surface area contributed by atoms with Crippen LogP contribution in [-0.4, -0.2) is 50.5 Å². The lowest BCUT2D eigenvalue weighted by Gasteiger charge is -2.34. The van der Waals surface area contributed by atoms with Gasteiger partial charge in [-0.2, -0.15) is 0 Å². The summed E-state index contributed by atoms with van der Waals surface area (Å²) in [6, 6.07) is 27.1. The number of rotatable bonds is 7. The summed E-state index contributed by atoms with van der Waals surface area (Å²) in [5.74, 6) is 1.46. The number of nitrogen functional groups attached to an aromatic ring is 1. The molecule has 1 fully saturated rings. The van der Waals surface area contributed by atoms with Gasteiger partial charge in [0.1, 0.15) is 11.3 Å². The zero-order chi connectivity index (χ0) is 28.3. The number of fused-ring (bicyclic) bond motifs is 1. The number of anilines is 1. The highest BCUT2D eigenvalue weighted by Crippen LogP contribution is 2.32. The van der Waals surface area contributed by atoms with E-state index in [0.29, 0.717) is 17.7 Å². The van der Waals surface area contributed by atoms with Gasteiger partial charge in [-0.1, -0.05) is 42.5 Å². The first-order valence-electron chi connectivity index (χ1n) is 14.2. The smallest absolute Gasteiger partial charge is 0.222 e. The fraction of sp³-hybridized carbons (Fsp3) is 0.273.